The predicted molar refractivity (Wildman–Crippen MR) is 246 cm³/mol. The van der Waals surface area contributed by atoms with Gasteiger partial charge in [-0.2, -0.15) is 0 Å². The minimum Gasteiger partial charge on any atom is -0.756 e. The van der Waals surface area contributed by atoms with Crippen LogP contribution in [0.1, 0.15) is 168 Å². The van der Waals surface area contributed by atoms with E-state index in [0.717, 1.165) is 83.5 Å². The molecule has 0 aliphatic heterocycles. The molecule has 8 nitrogen and oxygen atoms in total. The first-order valence-electron chi connectivity index (χ1n) is 22.9. The number of likely N-dealkylation sites (N-methyl/N-ethyl adjacent to an activating group) is 1. The van der Waals surface area contributed by atoms with Crippen LogP contribution in [0.25, 0.3) is 0 Å². The lowest BCUT2D eigenvalue weighted by Gasteiger charge is -2.29. The molecule has 334 valence electrons. The fourth-order valence-electron chi connectivity index (χ4n) is 5.98. The van der Waals surface area contributed by atoms with E-state index in [1.807, 2.05) is 27.2 Å². The van der Waals surface area contributed by atoms with Gasteiger partial charge in [0.05, 0.1) is 39.9 Å². The standard InChI is InChI=1S/C49H87N2O6P/c1-6-8-10-12-14-15-16-17-18-19-20-21-22-23-24-25-26-27-28-29-30-31-32-33-34-35-37-39-41-43-49(53)50-47(48(52)42-40-38-36-13-11-9-7-2)46-57-58(54,55)56-45-44-51(3,4)5/h8,10,14-15,17-18,20-21,23-24,26-27,40,42,47-48,52H,6-7,9,11-13,16,19,22,25,28-39,41,43-46H2,1-5H3,(H-,50,53,54,55)/b10-8-,15-14-,18-17-,21-20-,24-23-,27-26-,42-40+. The average molecular weight is 831 g/mol. The number of carbonyl (C=O) groups excluding carboxylic acids is 1. The summed E-state index contributed by atoms with van der Waals surface area (Å²) < 4.78 is 23.1. The Morgan fingerprint density at radius 1 is 0.621 bits per heavy atom. The molecule has 0 rings (SSSR count). The predicted octanol–water partition coefficient (Wildman–Crippen LogP) is 12.3. The van der Waals surface area contributed by atoms with Crippen LogP contribution in [0.2, 0.25) is 0 Å². The van der Waals surface area contributed by atoms with Gasteiger partial charge >= 0.3 is 0 Å². The molecule has 9 heteroatoms. The molecule has 0 spiro atoms. The summed E-state index contributed by atoms with van der Waals surface area (Å²) >= 11 is 0. The Morgan fingerprint density at radius 3 is 1.53 bits per heavy atom. The van der Waals surface area contributed by atoms with Gasteiger partial charge in [0, 0.05) is 6.42 Å². The van der Waals surface area contributed by atoms with E-state index in [0.29, 0.717) is 17.4 Å². The van der Waals surface area contributed by atoms with Crippen LogP contribution in [0.4, 0.5) is 0 Å². The van der Waals surface area contributed by atoms with Gasteiger partial charge in [-0.15, -0.1) is 0 Å². The number of carbonyl (C=O) groups is 1. The molecule has 1 amide bonds. The first-order chi connectivity index (χ1) is 28.0. The zero-order valence-electron chi connectivity index (χ0n) is 37.7. The molecule has 0 radical (unpaired) electrons. The van der Waals surface area contributed by atoms with Crippen LogP contribution in [-0.4, -0.2) is 68.5 Å². The summed E-state index contributed by atoms with van der Waals surface area (Å²) in [7, 11) is 1.24. The summed E-state index contributed by atoms with van der Waals surface area (Å²) in [6, 6.07) is -0.890. The minimum absolute atomic E-state index is 0.00643. The maximum Gasteiger partial charge on any atom is 0.268 e. The van der Waals surface area contributed by atoms with Gasteiger partial charge in [0.1, 0.15) is 13.2 Å². The van der Waals surface area contributed by atoms with Crippen molar-refractivity contribution in [3.8, 4) is 0 Å². The quantitative estimate of drug-likeness (QED) is 0.0276. The van der Waals surface area contributed by atoms with Crippen molar-refractivity contribution in [2.24, 2.45) is 0 Å². The van der Waals surface area contributed by atoms with Crippen LogP contribution in [-0.2, 0) is 18.4 Å². The van der Waals surface area contributed by atoms with Gasteiger partial charge in [-0.3, -0.25) is 9.36 Å². The Labute approximate surface area is 356 Å². The molecule has 0 aromatic carbocycles. The van der Waals surface area contributed by atoms with Crippen LogP contribution >= 0.6 is 7.82 Å². The third-order valence-electron chi connectivity index (χ3n) is 9.61. The molecular formula is C49H87N2O6P. The van der Waals surface area contributed by atoms with Crippen molar-refractivity contribution in [2.45, 2.75) is 180 Å². The van der Waals surface area contributed by atoms with Gasteiger partial charge in [0.2, 0.25) is 5.91 Å². The van der Waals surface area contributed by atoms with Crippen molar-refractivity contribution in [3.63, 3.8) is 0 Å². The second-order valence-electron chi connectivity index (χ2n) is 16.4. The average Bonchev–Trinajstić information content (AvgIpc) is 3.17. The zero-order chi connectivity index (χ0) is 42.8. The van der Waals surface area contributed by atoms with Crippen molar-refractivity contribution in [2.75, 3.05) is 40.9 Å². The molecule has 0 bridgehead atoms. The molecule has 3 unspecified atom stereocenters. The van der Waals surface area contributed by atoms with Gasteiger partial charge in [-0.05, 0) is 70.6 Å². The van der Waals surface area contributed by atoms with Gasteiger partial charge in [0.15, 0.2) is 0 Å². The fraction of sp³-hybridized carbons (Fsp3) is 0.694. The molecule has 0 aromatic rings. The molecule has 0 saturated carbocycles. The second kappa shape index (κ2) is 40.1. The zero-order valence-corrected chi connectivity index (χ0v) is 38.6. The maximum absolute atomic E-state index is 12.8. The number of amides is 1. The number of unbranched alkanes of at least 4 members (excludes halogenated alkanes) is 15. The maximum atomic E-state index is 12.8. The summed E-state index contributed by atoms with van der Waals surface area (Å²) in [6.07, 6.45) is 55.2. The third-order valence-corrected chi connectivity index (χ3v) is 10.6. The number of nitrogens with one attached hydrogen (secondary N) is 1. The van der Waals surface area contributed by atoms with Crippen LogP contribution in [0, 0.1) is 0 Å². The molecule has 0 heterocycles. The van der Waals surface area contributed by atoms with Gasteiger partial charge in [0.25, 0.3) is 7.82 Å². The molecule has 58 heavy (non-hydrogen) atoms. The fourth-order valence-corrected chi connectivity index (χ4v) is 6.70. The summed E-state index contributed by atoms with van der Waals surface area (Å²) in [5.74, 6) is -0.212. The highest BCUT2D eigenvalue weighted by molar-refractivity contribution is 7.45. The van der Waals surface area contributed by atoms with Crippen LogP contribution < -0.4 is 10.2 Å². The summed E-state index contributed by atoms with van der Waals surface area (Å²) in [4.78, 5) is 25.2. The number of allylic oxidation sites excluding steroid dienone is 13. The molecule has 0 fully saturated rings. The van der Waals surface area contributed by atoms with Crippen molar-refractivity contribution in [3.05, 3.63) is 85.1 Å². The molecule has 0 saturated heterocycles. The third kappa shape index (κ3) is 41.8. The van der Waals surface area contributed by atoms with E-state index >= 15 is 0 Å². The van der Waals surface area contributed by atoms with Crippen molar-refractivity contribution >= 4 is 13.7 Å². The van der Waals surface area contributed by atoms with Crippen LogP contribution in [0.3, 0.4) is 0 Å². The van der Waals surface area contributed by atoms with E-state index in [2.05, 4.69) is 92.1 Å². The number of phosphoric acid groups is 1. The molecule has 3 atom stereocenters. The topological polar surface area (TPSA) is 108 Å². The van der Waals surface area contributed by atoms with Crippen molar-refractivity contribution < 1.29 is 32.9 Å². The van der Waals surface area contributed by atoms with Crippen LogP contribution in [0.15, 0.2) is 85.1 Å². The number of phosphoric ester groups is 1. The number of nitrogens with zero attached hydrogens (tertiary/aromatic N) is 1. The Kier molecular flexibility index (Phi) is 38.5. The lowest BCUT2D eigenvalue weighted by atomic mass is 10.0. The number of hydrogen-bond donors (Lipinski definition) is 2. The number of hydrogen-bond acceptors (Lipinski definition) is 6. The van der Waals surface area contributed by atoms with Gasteiger partial charge < -0.3 is 28.8 Å². The van der Waals surface area contributed by atoms with E-state index in [9.17, 15) is 19.4 Å². The molecular weight excluding hydrogens is 744 g/mol. The van der Waals surface area contributed by atoms with Crippen molar-refractivity contribution in [1.82, 2.24) is 5.32 Å². The Hall–Kier alpha value is -2.32. The van der Waals surface area contributed by atoms with Gasteiger partial charge in [-0.25, -0.2) is 0 Å². The largest absolute Gasteiger partial charge is 0.756 e. The van der Waals surface area contributed by atoms with Crippen molar-refractivity contribution in [1.29, 1.82) is 0 Å². The van der Waals surface area contributed by atoms with E-state index in [-0.39, 0.29) is 19.1 Å². The molecule has 0 aromatic heterocycles. The minimum atomic E-state index is -4.58. The summed E-state index contributed by atoms with van der Waals surface area (Å²) in [6.45, 7) is 4.44. The lowest BCUT2D eigenvalue weighted by Crippen LogP contribution is -2.45. The first-order valence-corrected chi connectivity index (χ1v) is 24.4. The van der Waals surface area contributed by atoms with E-state index in [1.54, 1.807) is 6.08 Å². The van der Waals surface area contributed by atoms with Crippen LogP contribution in [0.5, 0.6) is 0 Å². The molecule has 0 aliphatic carbocycles. The Bertz CT molecular complexity index is 1220. The monoisotopic (exact) mass is 831 g/mol. The lowest BCUT2D eigenvalue weighted by molar-refractivity contribution is -0.870. The van der Waals surface area contributed by atoms with Gasteiger partial charge in [-0.1, -0.05) is 176 Å². The summed E-state index contributed by atoms with van der Waals surface area (Å²) in [5.41, 5.74) is 0. The summed E-state index contributed by atoms with van der Waals surface area (Å²) in [5, 5.41) is 13.6. The SMILES string of the molecule is CC/C=C\C/C=C\C/C=C\C/C=C\C/C=C\C/C=C\CCCCCCCCCCCCC(=O)NC(COP(=O)([O-])OCC[N+](C)(C)C)C(O)/C=C/CCCCCCC. The van der Waals surface area contributed by atoms with E-state index in [4.69, 9.17) is 9.05 Å². The Balaban J connectivity index is 4.11. The number of quaternary nitrogens is 1. The number of aliphatic hydroxyl groups is 1. The Morgan fingerprint density at radius 2 is 1.05 bits per heavy atom. The van der Waals surface area contributed by atoms with E-state index in [1.165, 1.54) is 64.2 Å². The molecule has 2 N–H and O–H groups in total. The highest BCUT2D eigenvalue weighted by atomic mass is 31.2. The number of rotatable bonds is 40. The highest BCUT2D eigenvalue weighted by Gasteiger charge is 2.23. The van der Waals surface area contributed by atoms with E-state index < -0.39 is 20.0 Å². The highest BCUT2D eigenvalue weighted by Crippen LogP contribution is 2.38. The number of aliphatic hydroxyl groups excluding tert-OH is 1. The normalized spacial score (nSPS) is 15.1. The smallest absolute Gasteiger partial charge is 0.268 e. The molecule has 0 aliphatic rings. The first kappa shape index (κ1) is 55.7. The second-order valence-corrected chi connectivity index (χ2v) is 17.8.